The Morgan fingerprint density at radius 2 is 2.00 bits per heavy atom. The van der Waals surface area contributed by atoms with E-state index in [1.54, 1.807) is 0 Å². The molecule has 1 aliphatic heterocycles. The number of nitrogens with one attached hydrogen (secondary N) is 2. The fourth-order valence-electron chi connectivity index (χ4n) is 4.48. The van der Waals surface area contributed by atoms with Gasteiger partial charge < -0.3 is 15.0 Å². The Bertz CT molecular complexity index is 1360. The van der Waals surface area contributed by atoms with E-state index in [1.165, 1.54) is 11.3 Å². The second-order valence-electron chi connectivity index (χ2n) is 8.66. The lowest BCUT2D eigenvalue weighted by Crippen LogP contribution is -2.44. The molecule has 2 aromatic carbocycles. The van der Waals surface area contributed by atoms with Crippen molar-refractivity contribution in [2.24, 2.45) is 5.92 Å². The highest BCUT2D eigenvalue weighted by molar-refractivity contribution is 7.17. The molecule has 1 fully saturated rings. The summed E-state index contributed by atoms with van der Waals surface area (Å²) in [6.07, 6.45) is 1.67. The number of benzene rings is 2. The summed E-state index contributed by atoms with van der Waals surface area (Å²) in [5, 5.41) is 5.05. The number of anilines is 1. The molecule has 5 rings (SSSR count). The van der Waals surface area contributed by atoms with E-state index in [2.05, 4.69) is 10.3 Å². The summed E-state index contributed by atoms with van der Waals surface area (Å²) < 4.78 is 6.09. The number of hydrogen-bond donors (Lipinski definition) is 2. The van der Waals surface area contributed by atoms with Gasteiger partial charge in [-0.25, -0.2) is 4.98 Å². The number of hydrogen-bond acceptors (Lipinski definition) is 6. The highest BCUT2D eigenvalue weighted by atomic mass is 32.1. The van der Waals surface area contributed by atoms with Crippen molar-refractivity contribution in [3.63, 3.8) is 0 Å². The lowest BCUT2D eigenvalue weighted by Gasteiger charge is -2.32. The first-order valence-corrected chi connectivity index (χ1v) is 12.8. The molecule has 7 nitrogen and oxygen atoms in total. The molecular weight excluding hydrogens is 460 g/mol. The SMILES string of the molecule is CCOc1ccc(CNC(=O)C2CCCN(c3nc4c(-c5ccccc5)csc4c(=O)[nH]3)C2)cc1. The van der Waals surface area contributed by atoms with Crippen molar-refractivity contribution in [2.45, 2.75) is 26.3 Å². The van der Waals surface area contributed by atoms with Gasteiger partial charge in [-0.1, -0.05) is 42.5 Å². The highest BCUT2D eigenvalue weighted by Gasteiger charge is 2.27. The van der Waals surface area contributed by atoms with E-state index in [0.717, 1.165) is 41.8 Å². The van der Waals surface area contributed by atoms with Crippen LogP contribution in [0.15, 0.2) is 64.8 Å². The monoisotopic (exact) mass is 488 g/mol. The molecule has 0 bridgehead atoms. The van der Waals surface area contributed by atoms with Gasteiger partial charge in [0.1, 0.15) is 10.4 Å². The number of ether oxygens (including phenoxy) is 1. The second-order valence-corrected chi connectivity index (χ2v) is 9.54. The van der Waals surface area contributed by atoms with E-state index in [0.29, 0.717) is 35.9 Å². The van der Waals surface area contributed by atoms with Crippen LogP contribution in [0.2, 0.25) is 0 Å². The van der Waals surface area contributed by atoms with Crippen LogP contribution in [0.3, 0.4) is 0 Å². The molecule has 0 saturated carbocycles. The molecule has 1 aliphatic rings. The first kappa shape index (κ1) is 23.1. The topological polar surface area (TPSA) is 87.3 Å². The quantitative estimate of drug-likeness (QED) is 0.398. The molecule has 35 heavy (non-hydrogen) atoms. The number of carbonyl (C=O) groups excluding carboxylic acids is 1. The van der Waals surface area contributed by atoms with E-state index in [4.69, 9.17) is 9.72 Å². The largest absolute Gasteiger partial charge is 0.494 e. The number of aromatic nitrogens is 2. The third-order valence-electron chi connectivity index (χ3n) is 6.29. The Hall–Kier alpha value is -3.65. The van der Waals surface area contributed by atoms with Crippen LogP contribution in [-0.4, -0.2) is 35.6 Å². The zero-order valence-corrected chi connectivity index (χ0v) is 20.4. The van der Waals surface area contributed by atoms with Gasteiger partial charge in [0.25, 0.3) is 5.56 Å². The van der Waals surface area contributed by atoms with Gasteiger partial charge in [-0.05, 0) is 43.0 Å². The summed E-state index contributed by atoms with van der Waals surface area (Å²) >= 11 is 1.41. The van der Waals surface area contributed by atoms with E-state index >= 15 is 0 Å². The van der Waals surface area contributed by atoms with Gasteiger partial charge in [0.15, 0.2) is 0 Å². The molecule has 4 aromatic rings. The van der Waals surface area contributed by atoms with E-state index in [1.807, 2.05) is 71.8 Å². The third kappa shape index (κ3) is 5.07. The lowest BCUT2D eigenvalue weighted by molar-refractivity contribution is -0.125. The normalized spacial score (nSPS) is 15.8. The standard InChI is InChI=1S/C27H28N4O3S/c1-2-34-21-12-10-18(11-13-21)15-28-25(32)20-9-6-14-31(16-20)27-29-23-22(19-7-4-3-5-8-19)17-35-24(23)26(33)30-27/h3-5,7-8,10-13,17,20H,2,6,9,14-16H2,1H3,(H,28,32)(H,29,30,33). The molecule has 0 spiro atoms. The summed E-state index contributed by atoms with van der Waals surface area (Å²) in [5.74, 6) is 1.21. The molecule has 0 radical (unpaired) electrons. The van der Waals surface area contributed by atoms with Gasteiger partial charge in [-0.3, -0.25) is 14.6 Å². The fourth-order valence-corrected chi connectivity index (χ4v) is 5.38. The molecule has 1 saturated heterocycles. The van der Waals surface area contributed by atoms with Crippen LogP contribution in [0.1, 0.15) is 25.3 Å². The maximum atomic E-state index is 12.9. The van der Waals surface area contributed by atoms with Gasteiger partial charge >= 0.3 is 0 Å². The number of carbonyl (C=O) groups is 1. The van der Waals surface area contributed by atoms with Crippen molar-refractivity contribution >= 4 is 33.4 Å². The van der Waals surface area contributed by atoms with Crippen molar-refractivity contribution in [1.82, 2.24) is 15.3 Å². The Balaban J connectivity index is 1.30. The minimum Gasteiger partial charge on any atom is -0.494 e. The van der Waals surface area contributed by atoms with Crippen LogP contribution in [0.5, 0.6) is 5.75 Å². The highest BCUT2D eigenvalue weighted by Crippen LogP contribution is 2.32. The van der Waals surface area contributed by atoms with Gasteiger partial charge in [0.05, 0.1) is 18.0 Å². The van der Waals surface area contributed by atoms with E-state index in [9.17, 15) is 9.59 Å². The Labute approximate surface area is 207 Å². The minimum absolute atomic E-state index is 0.0208. The van der Waals surface area contributed by atoms with Crippen molar-refractivity contribution in [2.75, 3.05) is 24.6 Å². The summed E-state index contributed by atoms with van der Waals surface area (Å²) in [4.78, 5) is 35.6. The molecule has 1 amide bonds. The van der Waals surface area contributed by atoms with Crippen LogP contribution >= 0.6 is 11.3 Å². The third-order valence-corrected chi connectivity index (χ3v) is 7.26. The first-order chi connectivity index (χ1) is 17.1. The predicted molar refractivity (Wildman–Crippen MR) is 140 cm³/mol. The molecular formula is C27H28N4O3S. The maximum Gasteiger partial charge on any atom is 0.270 e. The van der Waals surface area contributed by atoms with Gasteiger partial charge in [-0.15, -0.1) is 11.3 Å². The van der Waals surface area contributed by atoms with Gasteiger partial charge in [-0.2, -0.15) is 0 Å². The predicted octanol–water partition coefficient (Wildman–Crippen LogP) is 4.58. The van der Waals surface area contributed by atoms with Gasteiger partial charge in [0.2, 0.25) is 11.9 Å². The summed E-state index contributed by atoms with van der Waals surface area (Å²) in [6, 6.07) is 17.7. The van der Waals surface area contributed by atoms with Crippen molar-refractivity contribution in [1.29, 1.82) is 0 Å². The molecule has 1 atom stereocenters. The fraction of sp³-hybridized carbons (Fsp3) is 0.296. The summed E-state index contributed by atoms with van der Waals surface area (Å²) in [6.45, 7) is 4.32. The maximum absolute atomic E-state index is 12.9. The van der Waals surface area contributed by atoms with Crippen LogP contribution in [0.4, 0.5) is 5.95 Å². The summed E-state index contributed by atoms with van der Waals surface area (Å²) in [5.41, 5.74) is 3.59. The molecule has 8 heteroatoms. The summed E-state index contributed by atoms with van der Waals surface area (Å²) in [7, 11) is 0. The number of nitrogens with zero attached hydrogens (tertiary/aromatic N) is 2. The van der Waals surface area contributed by atoms with Crippen LogP contribution < -0.4 is 20.5 Å². The number of piperidine rings is 1. The molecule has 0 aliphatic carbocycles. The molecule has 3 heterocycles. The van der Waals surface area contributed by atoms with Crippen LogP contribution in [-0.2, 0) is 11.3 Å². The second kappa shape index (κ2) is 10.3. The van der Waals surface area contributed by atoms with E-state index in [-0.39, 0.29) is 17.4 Å². The number of amides is 1. The Morgan fingerprint density at radius 3 is 2.77 bits per heavy atom. The minimum atomic E-state index is -0.163. The van der Waals surface area contributed by atoms with Gasteiger partial charge in [0, 0.05) is 30.6 Å². The van der Waals surface area contributed by atoms with Crippen molar-refractivity contribution < 1.29 is 9.53 Å². The molecule has 1 unspecified atom stereocenters. The average molecular weight is 489 g/mol. The van der Waals surface area contributed by atoms with Crippen molar-refractivity contribution in [3.05, 3.63) is 75.9 Å². The lowest BCUT2D eigenvalue weighted by atomic mass is 9.97. The first-order valence-electron chi connectivity index (χ1n) is 11.9. The smallest absolute Gasteiger partial charge is 0.270 e. The number of thiophene rings is 1. The molecule has 2 aromatic heterocycles. The zero-order chi connectivity index (χ0) is 24.2. The number of aromatic amines is 1. The van der Waals surface area contributed by atoms with Crippen molar-refractivity contribution in [3.8, 4) is 16.9 Å². The molecule has 180 valence electrons. The average Bonchev–Trinajstić information content (AvgIpc) is 3.34. The van der Waals surface area contributed by atoms with Crippen LogP contribution in [0, 0.1) is 5.92 Å². The zero-order valence-electron chi connectivity index (χ0n) is 19.6. The number of H-pyrrole nitrogens is 1. The van der Waals surface area contributed by atoms with E-state index < -0.39 is 0 Å². The number of rotatable bonds is 7. The Kier molecular flexibility index (Phi) is 6.81. The van der Waals surface area contributed by atoms with Crippen LogP contribution in [0.25, 0.3) is 21.3 Å². The Morgan fingerprint density at radius 1 is 1.20 bits per heavy atom. The molecule has 2 N–H and O–H groups in total. The number of fused-ring (bicyclic) bond motifs is 1.